The van der Waals surface area contributed by atoms with E-state index < -0.39 is 23.0 Å². The molecule has 2 saturated heterocycles. The molecule has 2 atom stereocenters. The van der Waals surface area contributed by atoms with E-state index in [4.69, 9.17) is 20.9 Å². The highest BCUT2D eigenvalue weighted by Crippen LogP contribution is 2.50. The second-order valence-electron chi connectivity index (χ2n) is 18.7. The van der Waals surface area contributed by atoms with Crippen LogP contribution in [0.1, 0.15) is 43.1 Å². The molecule has 71 heavy (non-hydrogen) atoms. The zero-order chi connectivity index (χ0) is 50.5. The number of nitrogens with zero attached hydrogens (tertiary/aromatic N) is 5. The Hall–Kier alpha value is -4.99. The van der Waals surface area contributed by atoms with Gasteiger partial charge in [-0.2, -0.15) is 0 Å². The largest absolute Gasteiger partial charge is 0.379 e. The van der Waals surface area contributed by atoms with Crippen LogP contribution in [0.5, 0.6) is 0 Å². The average molecular weight is 1040 g/mol. The summed E-state index contributed by atoms with van der Waals surface area (Å²) in [6.45, 7) is 12.3. The maximum atomic E-state index is 15.8. The molecule has 0 aliphatic carbocycles. The molecular weight excluding hydrogens is 980 g/mol. The summed E-state index contributed by atoms with van der Waals surface area (Å²) in [5.74, 6) is 0.506. The van der Waals surface area contributed by atoms with Crippen LogP contribution in [-0.4, -0.2) is 101 Å². The van der Waals surface area contributed by atoms with Gasteiger partial charge in [0.05, 0.1) is 34.9 Å². The molecular formula is C54H62ClFN5O7PS2. The number of morpholine rings is 1. The molecule has 5 aromatic carbocycles. The lowest BCUT2D eigenvalue weighted by molar-refractivity contribution is -0.385. The van der Waals surface area contributed by atoms with Gasteiger partial charge < -0.3 is 23.6 Å². The quantitative estimate of drug-likeness (QED) is 0.0333. The molecule has 0 saturated carbocycles. The number of nitro benzene ring substituents is 1. The fraction of sp³-hybridized carbons (Fsp3) is 0.370. The molecule has 6 aromatic rings. The number of thioether (sulfide) groups is 1. The highest BCUT2D eigenvalue weighted by Gasteiger charge is 2.32. The smallest absolute Gasteiger partial charge is 0.273 e. The summed E-state index contributed by atoms with van der Waals surface area (Å²) in [7, 11) is -5.91. The van der Waals surface area contributed by atoms with Gasteiger partial charge in [0, 0.05) is 114 Å². The zero-order valence-electron chi connectivity index (χ0n) is 40.9. The van der Waals surface area contributed by atoms with E-state index in [-0.39, 0.29) is 33.6 Å². The van der Waals surface area contributed by atoms with Crippen molar-refractivity contribution in [3.63, 3.8) is 0 Å². The standard InChI is InChI=1S/C54H62ClFN5O7PS2/c1-38(2)60-39(3)54(71(5,65)66)52(53(60)42-13-16-45(55)17-14-42)44-32-46(56)34-48(33-44)59-25-23-58(24-26-59)47-18-11-40(12-19-47)36-69(64,67-4)49-20-15-43(51(35-49)61(62)63)31-41(21-22-57-27-29-68-30-28-57)37-70-50-9-7-6-8-10-50/h6-20,32-35,38,41H,21-31,36-37H2,1-5H3/t41-,69?/m0/s1. The van der Waals surface area contributed by atoms with Crippen LogP contribution in [0.4, 0.5) is 21.5 Å². The second-order valence-corrected chi connectivity index (χ2v) is 24.8. The van der Waals surface area contributed by atoms with Crippen LogP contribution >= 0.6 is 30.7 Å². The molecule has 0 N–H and O–H groups in total. The monoisotopic (exact) mass is 1040 g/mol. The summed E-state index contributed by atoms with van der Waals surface area (Å²) in [6.07, 6.45) is 2.66. The van der Waals surface area contributed by atoms with Gasteiger partial charge in [-0.25, -0.2) is 12.8 Å². The molecule has 8 rings (SSSR count). The van der Waals surface area contributed by atoms with Crippen LogP contribution in [0, 0.1) is 28.8 Å². The fourth-order valence-electron chi connectivity index (χ4n) is 9.96. The van der Waals surface area contributed by atoms with Crippen LogP contribution in [0.15, 0.2) is 125 Å². The summed E-state index contributed by atoms with van der Waals surface area (Å²) in [4.78, 5) is 20.3. The predicted octanol–water partition coefficient (Wildman–Crippen LogP) is 11.6. The van der Waals surface area contributed by atoms with E-state index in [1.54, 1.807) is 43.0 Å². The molecule has 0 spiro atoms. The number of hydrogen-bond acceptors (Lipinski definition) is 11. The lowest BCUT2D eigenvalue weighted by Crippen LogP contribution is -2.46. The molecule has 1 aromatic heterocycles. The number of sulfone groups is 1. The van der Waals surface area contributed by atoms with E-state index in [1.165, 1.54) is 31.6 Å². The second kappa shape index (κ2) is 22.8. The SMILES string of the molecule is COP(=O)(Cc1ccc(N2CCN(c3cc(F)cc(-c4c(S(C)(=O)=O)c(C)n(C(C)C)c4-c4ccc(Cl)cc4)c3)CC2)cc1)c1ccc(C[C@H](CCN2CCOCC2)CSc2ccccc2)c([N+](=O)[O-])c1. The minimum Gasteiger partial charge on any atom is -0.379 e. The molecule has 1 unspecified atom stereocenters. The number of piperazine rings is 1. The highest BCUT2D eigenvalue weighted by atomic mass is 35.5. The Balaban J connectivity index is 0.961. The molecule has 17 heteroatoms. The first kappa shape index (κ1) is 52.3. The highest BCUT2D eigenvalue weighted by molar-refractivity contribution is 7.99. The third-order valence-electron chi connectivity index (χ3n) is 13.6. The number of hydrogen-bond donors (Lipinski definition) is 0. The molecule has 2 aliphatic heterocycles. The lowest BCUT2D eigenvalue weighted by atomic mass is 9.96. The Morgan fingerprint density at radius 2 is 1.52 bits per heavy atom. The van der Waals surface area contributed by atoms with Crippen LogP contribution in [0.2, 0.25) is 5.02 Å². The van der Waals surface area contributed by atoms with Gasteiger partial charge in [-0.05, 0) is 123 Å². The lowest BCUT2D eigenvalue weighted by Gasteiger charge is -2.37. The average Bonchev–Trinajstić information content (AvgIpc) is 3.69. The number of nitro groups is 1. The predicted molar refractivity (Wildman–Crippen MR) is 287 cm³/mol. The Labute approximate surface area is 426 Å². The fourth-order valence-corrected chi connectivity index (χ4v) is 14.2. The van der Waals surface area contributed by atoms with Crippen molar-refractivity contribution in [2.75, 3.05) is 87.9 Å². The van der Waals surface area contributed by atoms with E-state index in [0.717, 1.165) is 53.5 Å². The summed E-state index contributed by atoms with van der Waals surface area (Å²) in [6, 6.07) is 34.9. The van der Waals surface area contributed by atoms with Gasteiger partial charge in [0.25, 0.3) is 5.69 Å². The zero-order valence-corrected chi connectivity index (χ0v) is 44.2. The summed E-state index contributed by atoms with van der Waals surface area (Å²) < 4.78 is 70.7. The van der Waals surface area contributed by atoms with Gasteiger partial charge in [0.1, 0.15) is 5.82 Å². The van der Waals surface area contributed by atoms with Crippen molar-refractivity contribution in [3.05, 3.63) is 153 Å². The van der Waals surface area contributed by atoms with Gasteiger partial charge in [0.2, 0.25) is 7.37 Å². The molecule has 2 aliphatic rings. The minimum absolute atomic E-state index is 0.0495. The van der Waals surface area contributed by atoms with Gasteiger partial charge in [-0.1, -0.05) is 60.1 Å². The van der Waals surface area contributed by atoms with Crippen molar-refractivity contribution >= 4 is 62.9 Å². The minimum atomic E-state index is -3.75. The van der Waals surface area contributed by atoms with Crippen molar-refractivity contribution in [1.82, 2.24) is 9.47 Å². The first-order chi connectivity index (χ1) is 34.0. The number of ether oxygens (including phenoxy) is 1. The first-order valence-corrected chi connectivity index (χ1v) is 29.1. The van der Waals surface area contributed by atoms with E-state index in [1.807, 2.05) is 79.1 Å². The maximum absolute atomic E-state index is 15.8. The number of anilines is 2. The van der Waals surface area contributed by atoms with E-state index in [9.17, 15) is 23.1 Å². The molecule has 0 bridgehead atoms. The number of aromatic nitrogens is 1. The van der Waals surface area contributed by atoms with Crippen LogP contribution in [-0.2, 0) is 36.2 Å². The third-order valence-corrected chi connectivity index (χ3v) is 18.7. The number of rotatable bonds is 19. The Morgan fingerprint density at radius 3 is 2.14 bits per heavy atom. The van der Waals surface area contributed by atoms with E-state index >= 15 is 4.39 Å². The molecule has 0 amide bonds. The van der Waals surface area contributed by atoms with Crippen molar-refractivity contribution in [2.45, 2.75) is 55.6 Å². The van der Waals surface area contributed by atoms with Gasteiger partial charge in [-0.15, -0.1) is 11.8 Å². The van der Waals surface area contributed by atoms with Crippen molar-refractivity contribution in [1.29, 1.82) is 0 Å². The topological polar surface area (TPSA) is 127 Å². The maximum Gasteiger partial charge on any atom is 0.273 e. The van der Waals surface area contributed by atoms with E-state index in [0.29, 0.717) is 89.9 Å². The normalized spacial score (nSPS) is 16.1. The molecule has 2 fully saturated rings. The summed E-state index contributed by atoms with van der Waals surface area (Å²) in [5, 5.41) is 13.5. The molecule has 12 nitrogen and oxygen atoms in total. The third kappa shape index (κ3) is 12.4. The van der Waals surface area contributed by atoms with Crippen LogP contribution in [0.25, 0.3) is 22.4 Å². The molecule has 3 heterocycles. The number of benzene rings is 5. The van der Waals surface area contributed by atoms with Crippen LogP contribution < -0.4 is 15.1 Å². The Bertz CT molecular complexity index is 2980. The van der Waals surface area contributed by atoms with Crippen molar-refractivity contribution in [2.24, 2.45) is 5.92 Å². The van der Waals surface area contributed by atoms with E-state index in [2.05, 4.69) is 26.8 Å². The number of halogens is 2. The molecule has 0 radical (unpaired) electrons. The van der Waals surface area contributed by atoms with Gasteiger partial charge in [-0.3, -0.25) is 19.6 Å². The van der Waals surface area contributed by atoms with Crippen molar-refractivity contribution in [3.8, 4) is 22.4 Å². The Morgan fingerprint density at radius 1 is 0.859 bits per heavy atom. The first-order valence-electron chi connectivity index (χ1n) is 24.0. The van der Waals surface area contributed by atoms with Crippen LogP contribution in [0.3, 0.4) is 0 Å². The summed E-state index contributed by atoms with van der Waals surface area (Å²) >= 11 is 8.03. The summed E-state index contributed by atoms with van der Waals surface area (Å²) in [5.41, 5.74) is 5.93. The Kier molecular flexibility index (Phi) is 16.8. The van der Waals surface area contributed by atoms with Gasteiger partial charge in [0.15, 0.2) is 9.84 Å². The molecule has 376 valence electrons. The van der Waals surface area contributed by atoms with Crippen molar-refractivity contribution < 1.29 is 31.6 Å². The van der Waals surface area contributed by atoms with Gasteiger partial charge >= 0.3 is 0 Å².